The Morgan fingerprint density at radius 3 is 2.19 bits per heavy atom. The number of hydrogen-bond acceptors (Lipinski definition) is 12. The van der Waals surface area contributed by atoms with Gasteiger partial charge in [-0.3, -0.25) is 0 Å². The molecule has 1 fully saturated rings. The van der Waals surface area contributed by atoms with E-state index in [0.29, 0.717) is 18.0 Å². The first-order chi connectivity index (χ1) is 28.0. The van der Waals surface area contributed by atoms with E-state index in [1.807, 2.05) is 18.2 Å². The Labute approximate surface area is 340 Å². The molecule has 0 radical (unpaired) electrons. The molecule has 4 atom stereocenters. The van der Waals surface area contributed by atoms with E-state index in [2.05, 4.69) is 23.6 Å². The number of ether oxygens (including phenoxy) is 3. The van der Waals surface area contributed by atoms with Crippen LogP contribution in [-0.2, 0) is 29.9 Å². The maximum absolute atomic E-state index is 14.4. The Morgan fingerprint density at radius 2 is 1.56 bits per heavy atom. The number of aliphatic hydroxyl groups excluding tert-OH is 1. The largest absolute Gasteiger partial charge is 0.400 e. The van der Waals surface area contributed by atoms with E-state index in [1.165, 1.54) is 114 Å². The molecular weight excluding hydrogens is 750 g/mol. The van der Waals surface area contributed by atoms with Crippen molar-refractivity contribution in [3.63, 3.8) is 0 Å². The van der Waals surface area contributed by atoms with Crippen molar-refractivity contribution in [1.82, 2.24) is 14.6 Å². The van der Waals surface area contributed by atoms with Crippen molar-refractivity contribution in [3.8, 4) is 12.6 Å². The van der Waals surface area contributed by atoms with Crippen LogP contribution in [-0.4, -0.2) is 70.3 Å². The number of nitrogens with zero attached hydrogens (tertiary/aromatic N) is 5. The number of unbranched alkanes of at least 4 members (excludes halogenated alkanes) is 15. The normalized spacial score (nSPS) is 16.0. The smallest absolute Gasteiger partial charge is 0.330 e. The molecular formula is C42H66FN6O7P. The first kappa shape index (κ1) is 49.8. The molecule has 1 aromatic carbocycles. The summed E-state index contributed by atoms with van der Waals surface area (Å²) in [4.78, 5) is 14.6. The second-order valence-corrected chi connectivity index (χ2v) is 15.1. The van der Waals surface area contributed by atoms with Gasteiger partial charge in [-0.1, -0.05) is 103 Å². The lowest BCUT2D eigenvalue weighted by molar-refractivity contribution is -0.0499. The van der Waals surface area contributed by atoms with Crippen molar-refractivity contribution in [1.29, 1.82) is 10.5 Å². The molecule has 1 aliphatic heterocycles. The number of nitriles is 2. The summed E-state index contributed by atoms with van der Waals surface area (Å²) < 4.78 is 45.5. The Kier molecular flexibility index (Phi) is 27.7. The summed E-state index contributed by atoms with van der Waals surface area (Å²) in [6.07, 6.45) is 22.9. The maximum Gasteiger partial charge on any atom is 0.330 e. The van der Waals surface area contributed by atoms with Gasteiger partial charge in [0.1, 0.15) is 29.9 Å². The van der Waals surface area contributed by atoms with Crippen molar-refractivity contribution in [2.45, 2.75) is 147 Å². The summed E-state index contributed by atoms with van der Waals surface area (Å²) in [6, 6.07) is 9.99. The van der Waals surface area contributed by atoms with Gasteiger partial charge in [0.15, 0.2) is 5.82 Å². The highest BCUT2D eigenvalue weighted by Crippen LogP contribution is 2.38. The second kappa shape index (κ2) is 31.7. The lowest BCUT2D eigenvalue weighted by atomic mass is 10.0. The van der Waals surface area contributed by atoms with Crippen LogP contribution in [0.25, 0.3) is 5.52 Å². The van der Waals surface area contributed by atoms with Crippen LogP contribution in [0.15, 0.2) is 36.7 Å². The summed E-state index contributed by atoms with van der Waals surface area (Å²) in [5, 5.41) is 27.0. The van der Waals surface area contributed by atoms with Crippen LogP contribution in [0.5, 0.6) is 0 Å². The van der Waals surface area contributed by atoms with Gasteiger partial charge in [-0.2, -0.15) is 10.4 Å². The molecule has 3 aromatic rings. The van der Waals surface area contributed by atoms with E-state index in [4.69, 9.17) is 39.4 Å². The lowest BCUT2D eigenvalue weighted by Crippen LogP contribution is -2.26. The minimum absolute atomic E-state index is 0.00780. The average Bonchev–Trinajstić information content (AvgIpc) is 3.90. The van der Waals surface area contributed by atoms with Crippen LogP contribution in [0.2, 0.25) is 0 Å². The van der Waals surface area contributed by atoms with Crippen LogP contribution in [0, 0.1) is 29.0 Å². The van der Waals surface area contributed by atoms with Crippen LogP contribution >= 0.6 is 8.60 Å². The van der Waals surface area contributed by atoms with Crippen molar-refractivity contribution in [2.24, 2.45) is 0 Å². The van der Waals surface area contributed by atoms with Gasteiger partial charge in [0.25, 0.3) is 0 Å². The molecule has 0 bridgehead atoms. The fourth-order valence-corrected chi connectivity index (χ4v) is 7.33. The number of fused-ring (bicyclic) bond motifs is 1. The molecule has 1 aliphatic rings. The first-order valence-corrected chi connectivity index (χ1v) is 21.7. The zero-order valence-corrected chi connectivity index (χ0v) is 35.0. The molecule has 13 nitrogen and oxygen atoms in total. The van der Waals surface area contributed by atoms with Gasteiger partial charge in [-0.25, -0.2) is 19.2 Å². The predicted octanol–water partition coefficient (Wildman–Crippen LogP) is 9.41. The topological polar surface area (TPSA) is 190 Å². The average molecular weight is 817 g/mol. The number of nitrogens with two attached hydrogens (primary N) is 1. The van der Waals surface area contributed by atoms with Crippen LogP contribution < -0.4 is 5.73 Å². The van der Waals surface area contributed by atoms with E-state index in [-0.39, 0.29) is 44.2 Å². The third-order valence-corrected chi connectivity index (χ3v) is 10.5. The van der Waals surface area contributed by atoms with Gasteiger partial charge in [0.2, 0.25) is 0 Å². The highest BCUT2D eigenvalue weighted by atomic mass is 31.2. The van der Waals surface area contributed by atoms with Gasteiger partial charge in [0, 0.05) is 25.9 Å². The monoisotopic (exact) mass is 816 g/mol. The molecule has 4 unspecified atom stereocenters. The fraction of sp³-hybridized carbons (Fsp3) is 0.667. The Hall–Kier alpha value is -3.30. The van der Waals surface area contributed by atoms with E-state index in [9.17, 15) is 14.5 Å². The maximum atomic E-state index is 14.4. The van der Waals surface area contributed by atoms with Gasteiger partial charge >= 0.3 is 8.60 Å². The summed E-state index contributed by atoms with van der Waals surface area (Å²) in [5.74, 6) is -0.0506. The highest BCUT2D eigenvalue weighted by Gasteiger charge is 2.30. The van der Waals surface area contributed by atoms with Crippen LogP contribution in [0.4, 0.5) is 10.2 Å². The first-order valence-electron chi connectivity index (χ1n) is 20.5. The molecule has 4 rings (SSSR count). The quantitative estimate of drug-likeness (QED) is 0.0445. The van der Waals surface area contributed by atoms with Crippen LogP contribution in [0.1, 0.15) is 145 Å². The highest BCUT2D eigenvalue weighted by molar-refractivity contribution is 7.40. The van der Waals surface area contributed by atoms with Gasteiger partial charge in [0.05, 0.1) is 49.9 Å². The van der Waals surface area contributed by atoms with E-state index in [0.717, 1.165) is 44.0 Å². The van der Waals surface area contributed by atoms with Crippen LogP contribution in [0.3, 0.4) is 0 Å². The minimum Gasteiger partial charge on any atom is -0.400 e. The van der Waals surface area contributed by atoms with E-state index >= 15 is 0 Å². The molecule has 0 amide bonds. The zero-order valence-electron chi connectivity index (χ0n) is 34.1. The molecule has 4 N–H and O–H groups in total. The second-order valence-electron chi connectivity index (χ2n) is 14.1. The molecule has 318 valence electrons. The number of benzene rings is 1. The lowest BCUT2D eigenvalue weighted by Gasteiger charge is -2.21. The molecule has 57 heavy (non-hydrogen) atoms. The standard InChI is InChI=1S/C40H61FN5O6P.CHN.CH4O/c1-2-3-4-5-6-7-8-9-10-11-12-13-14-15-16-17-24-48-28-35(49-27-33-25-32(26-42)18-20-36(33)41)30-51-53(47)50-29-34-19-23-39(52-34)37-21-22-38-40(43)44-31-45-46(37)38;2*1-2/h18,20-22,25,31,34-35,39,47H,2-17,19,23-24,27-30H2,1H3,(H2,43,44,45);1H;2H,1H3. The Bertz CT molecular complexity index is 1540. The number of hydrogen-bond donors (Lipinski definition) is 3. The van der Waals surface area contributed by atoms with Gasteiger partial charge in [-0.15, -0.1) is 0 Å². The molecule has 0 aliphatic carbocycles. The summed E-state index contributed by atoms with van der Waals surface area (Å²) in [5.41, 5.74) is 8.20. The van der Waals surface area contributed by atoms with Crippen molar-refractivity contribution < 1.29 is 37.6 Å². The molecule has 0 saturated carbocycles. The Morgan fingerprint density at radius 1 is 0.930 bits per heavy atom. The van der Waals surface area contributed by atoms with Gasteiger partial charge < -0.3 is 39.0 Å². The number of aliphatic hydroxyl groups is 1. The van der Waals surface area contributed by atoms with Crippen molar-refractivity contribution in [2.75, 3.05) is 39.3 Å². The minimum atomic E-state index is -2.22. The van der Waals surface area contributed by atoms with Crippen molar-refractivity contribution in [3.05, 3.63) is 59.3 Å². The third-order valence-electron chi connectivity index (χ3n) is 9.79. The number of nitrogen functional groups attached to an aromatic ring is 1. The molecule has 15 heteroatoms. The number of halogens is 1. The number of rotatable bonds is 29. The molecule has 2 aromatic heterocycles. The SMILES string of the molecule is C#N.CCCCCCCCCCCCCCCCCCOCC(COP(O)OCC1CCC(c2ccc3c(N)ncnn23)O1)OCc1cc(C#N)ccc1F.CO. The third kappa shape index (κ3) is 19.8. The van der Waals surface area contributed by atoms with E-state index < -0.39 is 20.5 Å². The summed E-state index contributed by atoms with van der Waals surface area (Å²) in [7, 11) is -1.22. The predicted molar refractivity (Wildman–Crippen MR) is 220 cm³/mol. The Balaban J connectivity index is 0.00000271. The summed E-state index contributed by atoms with van der Waals surface area (Å²) >= 11 is 0. The molecule has 0 spiro atoms. The van der Waals surface area contributed by atoms with Gasteiger partial charge in [-0.05, 0) is 49.6 Å². The van der Waals surface area contributed by atoms with E-state index in [1.54, 1.807) is 4.52 Å². The molecule has 1 saturated heterocycles. The number of anilines is 1. The zero-order chi connectivity index (χ0) is 41.5. The fourth-order valence-electron chi connectivity index (χ4n) is 6.67. The number of aromatic nitrogens is 3. The van der Waals surface area contributed by atoms with Crippen molar-refractivity contribution >= 4 is 19.9 Å². The molecule has 3 heterocycles. The summed E-state index contributed by atoms with van der Waals surface area (Å²) in [6.45, 7) is 6.65.